The molecule has 182 valence electrons. The van der Waals surface area contributed by atoms with Crippen LogP contribution in [0.4, 0.5) is 0 Å². The zero-order valence-electron chi connectivity index (χ0n) is 19.4. The number of amides is 1. The molecular weight excluding hydrogens is 486 g/mol. The fourth-order valence-electron chi connectivity index (χ4n) is 3.94. The van der Waals surface area contributed by atoms with E-state index in [0.29, 0.717) is 29.4 Å². The molecule has 1 fully saturated rings. The second-order valence-corrected chi connectivity index (χ2v) is 11.3. The topological polar surface area (TPSA) is 98.0 Å². The summed E-state index contributed by atoms with van der Waals surface area (Å²) in [5.41, 5.74) is 1.38. The molecule has 2 aromatic carbocycles. The number of carbonyl (C=O) groups excluding carboxylic acids is 2. The van der Waals surface area contributed by atoms with Crippen molar-refractivity contribution < 1.29 is 22.7 Å². The summed E-state index contributed by atoms with van der Waals surface area (Å²) in [6.07, 6.45) is 7.19. The number of rotatable bonds is 5. The molecule has 0 unspecified atom stereocenters. The van der Waals surface area contributed by atoms with Gasteiger partial charge in [-0.25, -0.2) is 13.2 Å². The van der Waals surface area contributed by atoms with Crippen molar-refractivity contribution in [3.8, 4) is 12.3 Å². The van der Waals surface area contributed by atoms with Crippen LogP contribution in [0.3, 0.4) is 0 Å². The summed E-state index contributed by atoms with van der Waals surface area (Å²) in [7, 11) is -2.29. The van der Waals surface area contributed by atoms with Gasteiger partial charge in [-0.05, 0) is 61.2 Å². The van der Waals surface area contributed by atoms with Crippen LogP contribution in [0.5, 0.6) is 0 Å². The molecule has 1 amide bonds. The van der Waals surface area contributed by atoms with Gasteiger partial charge in [-0.3, -0.25) is 4.79 Å². The van der Waals surface area contributed by atoms with E-state index >= 15 is 0 Å². The molecule has 4 rings (SSSR count). The standard InChI is InChI=1S/C25H25N3O5S2/c1-4-13-28-21-10-7-19(24(30)33-3)16-22(21)34-25(28)26-23(29)18-5-8-20(9-6-18)35(31,32)27-14-11-17(2)12-15-27/h1,5-10,16-17H,11-15H2,2-3H3. The molecule has 10 heteroatoms. The summed E-state index contributed by atoms with van der Waals surface area (Å²) in [5.74, 6) is 2.09. The summed E-state index contributed by atoms with van der Waals surface area (Å²) in [6.45, 7) is 3.31. The quantitative estimate of drug-likeness (QED) is 0.387. The number of sulfonamides is 1. The fourth-order valence-corrected chi connectivity index (χ4v) is 6.48. The Bertz CT molecular complexity index is 1490. The lowest BCUT2D eigenvalue weighted by Gasteiger charge is -2.29. The van der Waals surface area contributed by atoms with Gasteiger partial charge >= 0.3 is 5.97 Å². The van der Waals surface area contributed by atoms with E-state index in [1.165, 1.54) is 47.0 Å². The average Bonchev–Trinajstić information content (AvgIpc) is 3.20. The second-order valence-electron chi connectivity index (χ2n) is 8.38. The number of hydrogen-bond donors (Lipinski definition) is 0. The van der Waals surface area contributed by atoms with E-state index in [2.05, 4.69) is 17.8 Å². The molecule has 0 bridgehead atoms. The highest BCUT2D eigenvalue weighted by atomic mass is 32.2. The van der Waals surface area contributed by atoms with E-state index in [9.17, 15) is 18.0 Å². The van der Waals surface area contributed by atoms with E-state index in [1.54, 1.807) is 22.8 Å². The minimum atomic E-state index is -3.60. The van der Waals surface area contributed by atoms with E-state index in [4.69, 9.17) is 11.2 Å². The first-order chi connectivity index (χ1) is 16.7. The van der Waals surface area contributed by atoms with Crippen molar-refractivity contribution in [1.29, 1.82) is 0 Å². The first-order valence-electron chi connectivity index (χ1n) is 11.1. The molecule has 0 aliphatic carbocycles. The van der Waals surface area contributed by atoms with Crippen molar-refractivity contribution in [1.82, 2.24) is 8.87 Å². The number of aromatic nitrogens is 1. The van der Waals surface area contributed by atoms with Gasteiger partial charge in [0.2, 0.25) is 10.0 Å². The normalized spacial score (nSPS) is 15.7. The first-order valence-corrected chi connectivity index (χ1v) is 13.3. The van der Waals surface area contributed by atoms with Crippen molar-refractivity contribution in [2.75, 3.05) is 20.2 Å². The minimum Gasteiger partial charge on any atom is -0.465 e. The fraction of sp³-hybridized carbons (Fsp3) is 0.320. The van der Waals surface area contributed by atoms with E-state index < -0.39 is 21.9 Å². The van der Waals surface area contributed by atoms with Gasteiger partial charge < -0.3 is 9.30 Å². The maximum atomic E-state index is 12.9. The Kier molecular flexibility index (Phi) is 7.21. The predicted octanol–water partition coefficient (Wildman–Crippen LogP) is 3.28. The lowest BCUT2D eigenvalue weighted by atomic mass is 10.0. The molecule has 1 aromatic heterocycles. The van der Waals surface area contributed by atoms with Gasteiger partial charge in [-0.1, -0.05) is 24.2 Å². The van der Waals surface area contributed by atoms with Crippen molar-refractivity contribution >= 4 is 43.5 Å². The summed E-state index contributed by atoms with van der Waals surface area (Å²) >= 11 is 1.22. The van der Waals surface area contributed by atoms with Gasteiger partial charge in [0.25, 0.3) is 5.91 Å². The molecule has 1 saturated heterocycles. The number of carbonyl (C=O) groups is 2. The van der Waals surface area contributed by atoms with Crippen LogP contribution >= 0.6 is 11.3 Å². The predicted molar refractivity (Wildman–Crippen MR) is 133 cm³/mol. The Morgan fingerprint density at radius 2 is 1.80 bits per heavy atom. The van der Waals surface area contributed by atoms with Gasteiger partial charge in [0.1, 0.15) is 0 Å². The number of thiazole rings is 1. The number of esters is 1. The van der Waals surface area contributed by atoms with Gasteiger partial charge in [0.05, 0.1) is 34.3 Å². The summed E-state index contributed by atoms with van der Waals surface area (Å²) < 4.78 is 34.6. The van der Waals surface area contributed by atoms with Gasteiger partial charge in [-0.15, -0.1) is 6.42 Å². The lowest BCUT2D eigenvalue weighted by molar-refractivity contribution is 0.0600. The summed E-state index contributed by atoms with van der Waals surface area (Å²) in [6, 6.07) is 10.9. The third kappa shape index (κ3) is 5.07. The van der Waals surface area contributed by atoms with Crippen LogP contribution in [0.1, 0.15) is 40.5 Å². The summed E-state index contributed by atoms with van der Waals surface area (Å²) in [4.78, 5) is 29.6. The van der Waals surface area contributed by atoms with Gasteiger partial charge in [0.15, 0.2) is 4.80 Å². The number of ether oxygens (including phenoxy) is 1. The number of terminal acetylenes is 1. The van der Waals surface area contributed by atoms with Gasteiger partial charge in [0, 0.05) is 18.7 Å². The first kappa shape index (κ1) is 24.9. The number of fused-ring (bicyclic) bond motifs is 1. The highest BCUT2D eigenvalue weighted by Crippen LogP contribution is 2.24. The van der Waals surface area contributed by atoms with Crippen molar-refractivity contribution in [3.63, 3.8) is 0 Å². The molecule has 1 aliphatic heterocycles. The minimum absolute atomic E-state index is 0.156. The van der Waals surface area contributed by atoms with Crippen LogP contribution in [0.15, 0.2) is 52.4 Å². The van der Waals surface area contributed by atoms with Crippen LogP contribution in [0.25, 0.3) is 10.2 Å². The molecule has 3 aromatic rings. The second kappa shape index (κ2) is 10.2. The molecule has 0 atom stereocenters. The highest BCUT2D eigenvalue weighted by molar-refractivity contribution is 7.89. The Hall–Kier alpha value is -3.26. The number of nitrogens with zero attached hydrogens (tertiary/aromatic N) is 3. The smallest absolute Gasteiger partial charge is 0.337 e. The van der Waals surface area contributed by atoms with Crippen LogP contribution < -0.4 is 4.80 Å². The lowest BCUT2D eigenvalue weighted by Crippen LogP contribution is -2.37. The number of benzene rings is 2. The third-order valence-corrected chi connectivity index (χ3v) is 8.99. The zero-order valence-corrected chi connectivity index (χ0v) is 21.1. The van der Waals surface area contributed by atoms with E-state index in [0.717, 1.165) is 23.1 Å². The van der Waals surface area contributed by atoms with Gasteiger partial charge in [-0.2, -0.15) is 9.30 Å². The average molecular weight is 512 g/mol. The van der Waals surface area contributed by atoms with Crippen molar-refractivity contribution in [3.05, 3.63) is 58.4 Å². The van der Waals surface area contributed by atoms with E-state index in [1.807, 2.05) is 0 Å². The van der Waals surface area contributed by atoms with E-state index in [-0.39, 0.29) is 17.0 Å². The van der Waals surface area contributed by atoms with Crippen LogP contribution in [-0.4, -0.2) is 49.4 Å². The molecule has 0 N–H and O–H groups in total. The Morgan fingerprint density at radius 3 is 2.43 bits per heavy atom. The molecule has 2 heterocycles. The SMILES string of the molecule is C#CCn1c(=NC(=O)c2ccc(S(=O)(=O)N3CCC(C)CC3)cc2)sc2cc(C(=O)OC)ccc21. The Morgan fingerprint density at radius 1 is 1.14 bits per heavy atom. The zero-order chi connectivity index (χ0) is 25.2. The molecule has 1 aliphatic rings. The number of methoxy groups -OCH3 is 1. The third-order valence-electron chi connectivity index (χ3n) is 6.03. The summed E-state index contributed by atoms with van der Waals surface area (Å²) in [5, 5.41) is 0. The van der Waals surface area contributed by atoms with Crippen molar-refractivity contribution in [2.45, 2.75) is 31.2 Å². The highest BCUT2D eigenvalue weighted by Gasteiger charge is 2.28. The monoisotopic (exact) mass is 511 g/mol. The molecule has 8 nitrogen and oxygen atoms in total. The number of hydrogen-bond acceptors (Lipinski definition) is 6. The molecule has 0 radical (unpaired) electrons. The van der Waals surface area contributed by atoms with Crippen LogP contribution in [0, 0.1) is 18.3 Å². The van der Waals surface area contributed by atoms with Crippen molar-refractivity contribution in [2.24, 2.45) is 10.9 Å². The maximum Gasteiger partial charge on any atom is 0.337 e. The molecule has 0 saturated carbocycles. The van der Waals surface area contributed by atoms with Crippen LogP contribution in [-0.2, 0) is 21.3 Å². The maximum absolute atomic E-state index is 12.9. The van der Waals surface area contributed by atoms with Crippen LogP contribution in [0.2, 0.25) is 0 Å². The molecule has 35 heavy (non-hydrogen) atoms. The Balaban J connectivity index is 1.64. The molecule has 0 spiro atoms. The molecular formula is C25H25N3O5S2. The Labute approximate surface area is 207 Å². The largest absolute Gasteiger partial charge is 0.465 e. The number of piperidine rings is 1.